The molecule has 0 saturated carbocycles. The summed E-state index contributed by atoms with van der Waals surface area (Å²) in [6.07, 6.45) is 0.979. The van der Waals surface area contributed by atoms with E-state index in [4.69, 9.17) is 18.9 Å². The van der Waals surface area contributed by atoms with E-state index in [-0.39, 0.29) is 30.6 Å². The Balaban J connectivity index is 1.73. The molecule has 8 nitrogen and oxygen atoms in total. The molecule has 3 rings (SSSR count). The summed E-state index contributed by atoms with van der Waals surface area (Å²) in [7, 11) is 0. The first kappa shape index (κ1) is 21.2. The maximum Gasteiger partial charge on any atom is 0.407 e. The SMILES string of the molecule is CCOC(=O)NC(C(=O)NCC1(c2ccc3c(c2)OCO3)CCOCC1)C(C)C. The highest BCUT2D eigenvalue weighted by Gasteiger charge is 2.37. The average molecular weight is 406 g/mol. The molecule has 29 heavy (non-hydrogen) atoms. The number of amides is 2. The van der Waals surface area contributed by atoms with Gasteiger partial charge in [-0.15, -0.1) is 0 Å². The Labute approximate surface area is 171 Å². The Hall–Kier alpha value is -2.48. The highest BCUT2D eigenvalue weighted by Crippen LogP contribution is 2.40. The van der Waals surface area contributed by atoms with Crippen molar-refractivity contribution in [2.75, 3.05) is 33.2 Å². The quantitative estimate of drug-likeness (QED) is 0.722. The number of rotatable bonds is 7. The van der Waals surface area contributed by atoms with Crippen LogP contribution in [0.3, 0.4) is 0 Å². The van der Waals surface area contributed by atoms with Gasteiger partial charge in [0.25, 0.3) is 0 Å². The summed E-state index contributed by atoms with van der Waals surface area (Å²) in [5.41, 5.74) is 0.824. The number of benzene rings is 1. The van der Waals surface area contributed by atoms with Crippen LogP contribution in [0.1, 0.15) is 39.2 Å². The van der Waals surface area contributed by atoms with E-state index < -0.39 is 12.1 Å². The zero-order valence-corrected chi connectivity index (χ0v) is 17.3. The van der Waals surface area contributed by atoms with E-state index in [1.54, 1.807) is 6.92 Å². The van der Waals surface area contributed by atoms with Crippen LogP contribution in [0, 0.1) is 5.92 Å². The van der Waals surface area contributed by atoms with Crippen molar-refractivity contribution in [3.05, 3.63) is 23.8 Å². The van der Waals surface area contributed by atoms with Crippen molar-refractivity contribution in [3.8, 4) is 11.5 Å². The summed E-state index contributed by atoms with van der Waals surface area (Å²) < 4.78 is 21.4. The fourth-order valence-corrected chi connectivity index (χ4v) is 3.76. The maximum absolute atomic E-state index is 12.9. The van der Waals surface area contributed by atoms with Crippen LogP contribution >= 0.6 is 0 Å². The largest absolute Gasteiger partial charge is 0.454 e. The lowest BCUT2D eigenvalue weighted by molar-refractivity contribution is -0.124. The van der Waals surface area contributed by atoms with Crippen molar-refractivity contribution >= 4 is 12.0 Å². The number of nitrogens with one attached hydrogen (secondary N) is 2. The Kier molecular flexibility index (Phi) is 6.84. The zero-order chi connectivity index (χ0) is 20.9. The highest BCUT2D eigenvalue weighted by molar-refractivity contribution is 5.86. The van der Waals surface area contributed by atoms with Crippen LogP contribution < -0.4 is 20.1 Å². The lowest BCUT2D eigenvalue weighted by atomic mass is 9.74. The molecule has 0 bridgehead atoms. The maximum atomic E-state index is 12.9. The van der Waals surface area contributed by atoms with Gasteiger partial charge < -0.3 is 29.6 Å². The monoisotopic (exact) mass is 406 g/mol. The first-order valence-corrected chi connectivity index (χ1v) is 10.1. The van der Waals surface area contributed by atoms with Crippen molar-refractivity contribution in [3.63, 3.8) is 0 Å². The molecule has 1 unspecified atom stereocenters. The number of carbonyl (C=O) groups is 2. The highest BCUT2D eigenvalue weighted by atomic mass is 16.7. The molecule has 8 heteroatoms. The lowest BCUT2D eigenvalue weighted by Crippen LogP contribution is -2.53. The Morgan fingerprint density at radius 2 is 1.90 bits per heavy atom. The normalized spacial score (nSPS) is 18.2. The van der Waals surface area contributed by atoms with E-state index in [1.807, 2.05) is 32.0 Å². The van der Waals surface area contributed by atoms with E-state index in [1.165, 1.54) is 0 Å². The van der Waals surface area contributed by atoms with Crippen molar-refractivity contribution in [2.45, 2.75) is 45.1 Å². The van der Waals surface area contributed by atoms with Gasteiger partial charge in [0.05, 0.1) is 6.61 Å². The van der Waals surface area contributed by atoms with Gasteiger partial charge in [-0.1, -0.05) is 19.9 Å². The molecule has 2 amide bonds. The molecule has 2 aliphatic rings. The predicted octanol–water partition coefficient (Wildman–Crippen LogP) is 2.35. The van der Waals surface area contributed by atoms with Crippen molar-refractivity contribution in [1.82, 2.24) is 10.6 Å². The van der Waals surface area contributed by atoms with E-state index in [2.05, 4.69) is 10.6 Å². The second kappa shape index (κ2) is 9.35. The Morgan fingerprint density at radius 1 is 1.17 bits per heavy atom. The molecule has 2 heterocycles. The summed E-state index contributed by atoms with van der Waals surface area (Å²) >= 11 is 0. The minimum absolute atomic E-state index is 0.0735. The topological polar surface area (TPSA) is 95.1 Å². The molecule has 2 aliphatic heterocycles. The molecule has 1 aromatic rings. The minimum atomic E-state index is -0.664. The van der Waals surface area contributed by atoms with Crippen LogP contribution in [0.5, 0.6) is 11.5 Å². The van der Waals surface area contributed by atoms with Gasteiger partial charge in [0.15, 0.2) is 11.5 Å². The summed E-state index contributed by atoms with van der Waals surface area (Å²) in [5.74, 6) is 1.16. The molecule has 2 N–H and O–H groups in total. The predicted molar refractivity (Wildman–Crippen MR) is 106 cm³/mol. The number of carbonyl (C=O) groups excluding carboxylic acids is 2. The van der Waals surface area contributed by atoms with Crippen molar-refractivity contribution in [1.29, 1.82) is 0 Å². The summed E-state index contributed by atoms with van der Waals surface area (Å²) in [6, 6.07) is 5.27. The van der Waals surface area contributed by atoms with Gasteiger partial charge in [0.2, 0.25) is 12.7 Å². The molecule has 0 aliphatic carbocycles. The molecule has 1 atom stereocenters. The molecule has 0 aromatic heterocycles. The molecular weight excluding hydrogens is 376 g/mol. The summed E-state index contributed by atoms with van der Waals surface area (Å²) in [4.78, 5) is 24.7. The van der Waals surface area contributed by atoms with E-state index in [9.17, 15) is 9.59 Å². The zero-order valence-electron chi connectivity index (χ0n) is 17.3. The second-order valence-electron chi connectivity index (χ2n) is 7.77. The third-order valence-corrected chi connectivity index (χ3v) is 5.53. The average Bonchev–Trinajstić information content (AvgIpc) is 3.19. The van der Waals surface area contributed by atoms with E-state index in [0.29, 0.717) is 19.8 Å². The smallest absolute Gasteiger partial charge is 0.407 e. The van der Waals surface area contributed by atoms with Crippen molar-refractivity contribution in [2.24, 2.45) is 5.92 Å². The minimum Gasteiger partial charge on any atom is -0.454 e. The number of fused-ring (bicyclic) bond motifs is 1. The van der Waals surface area contributed by atoms with Gasteiger partial charge in [0.1, 0.15) is 6.04 Å². The van der Waals surface area contributed by atoms with Crippen LogP contribution in [-0.2, 0) is 19.7 Å². The van der Waals surface area contributed by atoms with Gasteiger partial charge in [-0.05, 0) is 43.4 Å². The lowest BCUT2D eigenvalue weighted by Gasteiger charge is -2.38. The molecule has 1 aromatic carbocycles. The number of ether oxygens (including phenoxy) is 4. The van der Waals surface area contributed by atoms with Crippen LogP contribution in [0.2, 0.25) is 0 Å². The summed E-state index contributed by atoms with van der Waals surface area (Å²) in [5, 5.41) is 5.71. The van der Waals surface area contributed by atoms with E-state index in [0.717, 1.165) is 29.9 Å². The number of alkyl carbamates (subject to hydrolysis) is 1. The first-order valence-electron chi connectivity index (χ1n) is 10.1. The molecule has 160 valence electrons. The van der Waals surface area contributed by atoms with Gasteiger partial charge in [0, 0.05) is 25.2 Å². The third-order valence-electron chi connectivity index (χ3n) is 5.53. The molecule has 1 saturated heterocycles. The number of hydrogen-bond donors (Lipinski definition) is 2. The Morgan fingerprint density at radius 3 is 2.59 bits per heavy atom. The molecular formula is C21H30N2O6. The van der Waals surface area contributed by atoms with Crippen LogP contribution in [0.25, 0.3) is 0 Å². The molecule has 0 radical (unpaired) electrons. The molecule has 1 fully saturated rings. The van der Waals surface area contributed by atoms with Crippen molar-refractivity contribution < 1.29 is 28.5 Å². The Bertz CT molecular complexity index is 730. The molecule has 0 spiro atoms. The van der Waals surface area contributed by atoms with Crippen LogP contribution in [0.4, 0.5) is 4.79 Å². The summed E-state index contributed by atoms with van der Waals surface area (Å²) in [6.45, 7) is 7.68. The first-order chi connectivity index (χ1) is 13.9. The van der Waals surface area contributed by atoms with Gasteiger partial charge >= 0.3 is 6.09 Å². The van der Waals surface area contributed by atoms with Gasteiger partial charge in [-0.25, -0.2) is 4.79 Å². The fraction of sp³-hybridized carbons (Fsp3) is 0.619. The standard InChI is InChI=1S/C21H30N2O6/c1-4-27-20(25)23-18(14(2)3)19(24)22-12-21(7-9-26-10-8-21)15-5-6-16-17(11-15)29-13-28-16/h5-6,11,14,18H,4,7-10,12-13H2,1-3H3,(H,22,24)(H,23,25). The van der Waals surface area contributed by atoms with Gasteiger partial charge in [-0.3, -0.25) is 4.79 Å². The van der Waals surface area contributed by atoms with Gasteiger partial charge in [-0.2, -0.15) is 0 Å². The number of hydrogen-bond acceptors (Lipinski definition) is 6. The third kappa shape index (κ3) is 4.93. The van der Waals surface area contributed by atoms with Crippen LogP contribution in [-0.4, -0.2) is 51.2 Å². The van der Waals surface area contributed by atoms with Crippen LogP contribution in [0.15, 0.2) is 18.2 Å². The van der Waals surface area contributed by atoms with E-state index >= 15 is 0 Å². The fourth-order valence-electron chi connectivity index (χ4n) is 3.76. The second-order valence-corrected chi connectivity index (χ2v) is 7.77.